The van der Waals surface area contributed by atoms with Gasteiger partial charge in [0, 0.05) is 5.56 Å². The van der Waals surface area contributed by atoms with Gasteiger partial charge in [-0.1, -0.05) is 23.4 Å². The Balaban J connectivity index is 1.81. The topological polar surface area (TPSA) is 75.7 Å². The second-order valence-electron chi connectivity index (χ2n) is 4.89. The van der Waals surface area contributed by atoms with Crippen molar-refractivity contribution in [3.8, 4) is 5.75 Å². The number of H-pyrrole nitrogens is 1. The van der Waals surface area contributed by atoms with E-state index < -0.39 is 0 Å². The number of aromatic nitrogens is 4. The maximum absolute atomic E-state index is 5.95. The first kappa shape index (κ1) is 11.2. The van der Waals surface area contributed by atoms with Gasteiger partial charge in [0.25, 0.3) is 0 Å². The van der Waals surface area contributed by atoms with Crippen LogP contribution in [-0.2, 0) is 6.54 Å². The summed E-state index contributed by atoms with van der Waals surface area (Å²) in [5.74, 6) is 1.59. The molecule has 3 rings (SSSR count). The van der Waals surface area contributed by atoms with Crippen molar-refractivity contribution >= 4 is 0 Å². The van der Waals surface area contributed by atoms with Gasteiger partial charge in [-0.2, -0.15) is 5.21 Å². The number of tetrazole rings is 1. The Bertz CT molecular complexity index is 537. The number of benzene rings is 1. The number of hydrogen-bond donors (Lipinski definition) is 2. The van der Waals surface area contributed by atoms with Crippen molar-refractivity contribution in [3.63, 3.8) is 0 Å². The number of fused-ring (bicyclic) bond motifs is 1. The zero-order chi connectivity index (χ0) is 12.6. The Morgan fingerprint density at radius 1 is 1.39 bits per heavy atom. The molecule has 0 bridgehead atoms. The molecule has 0 radical (unpaired) electrons. The van der Waals surface area contributed by atoms with E-state index in [-0.39, 0.29) is 11.6 Å². The van der Waals surface area contributed by atoms with Crippen LogP contribution in [0.2, 0.25) is 0 Å². The molecular weight excluding hydrogens is 230 g/mol. The maximum Gasteiger partial charge on any atom is 0.188 e. The molecule has 1 aromatic heterocycles. The van der Waals surface area contributed by atoms with Gasteiger partial charge < -0.3 is 4.74 Å². The highest BCUT2D eigenvalue weighted by molar-refractivity contribution is 5.42. The number of nitrogens with zero attached hydrogens (tertiary/aromatic N) is 3. The highest BCUT2D eigenvalue weighted by Gasteiger charge is 2.40. The van der Waals surface area contributed by atoms with Crippen LogP contribution < -0.4 is 10.1 Å². The minimum Gasteiger partial charge on any atom is -0.486 e. The van der Waals surface area contributed by atoms with Crippen LogP contribution in [0, 0.1) is 0 Å². The third-order valence-corrected chi connectivity index (χ3v) is 3.15. The predicted octanol–water partition coefficient (Wildman–Crippen LogP) is 1.20. The monoisotopic (exact) mass is 245 g/mol. The zero-order valence-corrected chi connectivity index (χ0v) is 10.3. The molecule has 0 amide bonds. The van der Waals surface area contributed by atoms with Crippen LogP contribution in [-0.4, -0.2) is 26.2 Å². The summed E-state index contributed by atoms with van der Waals surface area (Å²) in [6.07, 6.45) is 0. The van der Waals surface area contributed by atoms with Crippen molar-refractivity contribution in [3.05, 3.63) is 35.7 Å². The highest BCUT2D eigenvalue weighted by Crippen LogP contribution is 2.42. The van der Waals surface area contributed by atoms with Crippen molar-refractivity contribution in [2.45, 2.75) is 32.0 Å². The van der Waals surface area contributed by atoms with Gasteiger partial charge in [0.05, 0.1) is 12.6 Å². The van der Waals surface area contributed by atoms with Crippen LogP contribution >= 0.6 is 0 Å². The third kappa shape index (κ3) is 1.84. The number of nitrogens with one attached hydrogen (secondary N) is 2. The fourth-order valence-corrected chi connectivity index (χ4v) is 2.34. The van der Waals surface area contributed by atoms with Crippen molar-refractivity contribution in [2.75, 3.05) is 0 Å². The summed E-state index contributed by atoms with van der Waals surface area (Å²) >= 11 is 0. The molecule has 94 valence electrons. The molecule has 1 aliphatic rings. The molecule has 0 fully saturated rings. The molecule has 1 atom stereocenters. The standard InChI is InChI=1S/C12H15N5O/c1-12(2)11(13-7-10-14-16-17-15-10)8-5-3-4-6-9(8)18-12/h3-6,11,13H,7H2,1-2H3,(H,14,15,16,17). The van der Waals surface area contributed by atoms with Gasteiger partial charge in [0.15, 0.2) is 5.82 Å². The van der Waals surface area contributed by atoms with Gasteiger partial charge in [-0.05, 0) is 19.9 Å². The van der Waals surface area contributed by atoms with E-state index in [9.17, 15) is 0 Å². The zero-order valence-electron chi connectivity index (χ0n) is 10.3. The lowest BCUT2D eigenvalue weighted by molar-refractivity contribution is 0.0955. The molecule has 0 saturated heterocycles. The van der Waals surface area contributed by atoms with Crippen LogP contribution in [0.15, 0.2) is 24.3 Å². The lowest BCUT2D eigenvalue weighted by Crippen LogP contribution is -2.39. The number of aromatic amines is 1. The average molecular weight is 245 g/mol. The van der Waals surface area contributed by atoms with Gasteiger partial charge in [-0.15, -0.1) is 10.2 Å². The summed E-state index contributed by atoms with van der Waals surface area (Å²) < 4.78 is 5.95. The molecule has 1 aliphatic heterocycles. The lowest BCUT2D eigenvalue weighted by atomic mass is 9.94. The second kappa shape index (κ2) is 4.06. The van der Waals surface area contributed by atoms with Crippen LogP contribution in [0.1, 0.15) is 31.3 Å². The molecule has 6 heteroatoms. The smallest absolute Gasteiger partial charge is 0.188 e. The van der Waals surface area contributed by atoms with Crippen LogP contribution in [0.4, 0.5) is 0 Å². The molecule has 0 aliphatic carbocycles. The normalized spacial score (nSPS) is 20.4. The van der Waals surface area contributed by atoms with E-state index in [1.165, 1.54) is 5.56 Å². The summed E-state index contributed by atoms with van der Waals surface area (Å²) in [6.45, 7) is 4.70. The quantitative estimate of drug-likeness (QED) is 0.849. The molecule has 1 aromatic carbocycles. The number of ether oxygens (including phenoxy) is 1. The van der Waals surface area contributed by atoms with Crippen LogP contribution in [0.25, 0.3) is 0 Å². The Labute approximate surface area is 105 Å². The molecule has 1 unspecified atom stereocenters. The summed E-state index contributed by atoms with van der Waals surface area (Å²) in [6, 6.07) is 8.20. The SMILES string of the molecule is CC1(C)Oc2ccccc2C1NCc1nn[nH]n1. The lowest BCUT2D eigenvalue weighted by Gasteiger charge is -2.26. The minimum absolute atomic E-state index is 0.118. The van der Waals surface area contributed by atoms with Gasteiger partial charge in [-0.25, -0.2) is 0 Å². The third-order valence-electron chi connectivity index (χ3n) is 3.15. The van der Waals surface area contributed by atoms with Crippen LogP contribution in [0.3, 0.4) is 0 Å². The van der Waals surface area contributed by atoms with E-state index in [0.717, 1.165) is 5.75 Å². The summed E-state index contributed by atoms with van der Waals surface area (Å²) in [5.41, 5.74) is 0.888. The van der Waals surface area contributed by atoms with Gasteiger partial charge in [-0.3, -0.25) is 5.32 Å². The van der Waals surface area contributed by atoms with Crippen LogP contribution in [0.5, 0.6) is 5.75 Å². The molecule has 6 nitrogen and oxygen atoms in total. The van der Waals surface area contributed by atoms with Gasteiger partial charge in [0.2, 0.25) is 0 Å². The molecule has 0 spiro atoms. The predicted molar refractivity (Wildman–Crippen MR) is 64.9 cm³/mol. The van der Waals surface area contributed by atoms with E-state index in [1.807, 2.05) is 18.2 Å². The van der Waals surface area contributed by atoms with Crippen molar-refractivity contribution in [1.29, 1.82) is 0 Å². The van der Waals surface area contributed by atoms with Gasteiger partial charge >= 0.3 is 0 Å². The first-order valence-electron chi connectivity index (χ1n) is 5.90. The fraction of sp³-hybridized carbons (Fsp3) is 0.417. The summed E-state index contributed by atoms with van der Waals surface area (Å²) in [7, 11) is 0. The summed E-state index contributed by atoms with van der Waals surface area (Å²) in [4.78, 5) is 0. The molecule has 2 N–H and O–H groups in total. The van der Waals surface area contributed by atoms with E-state index in [1.54, 1.807) is 0 Å². The number of rotatable bonds is 3. The Morgan fingerprint density at radius 3 is 3.00 bits per heavy atom. The Hall–Kier alpha value is -1.95. The van der Waals surface area contributed by atoms with Crippen molar-refractivity contribution in [1.82, 2.24) is 25.9 Å². The largest absolute Gasteiger partial charge is 0.486 e. The van der Waals surface area contributed by atoms with E-state index >= 15 is 0 Å². The Morgan fingerprint density at radius 2 is 2.22 bits per heavy atom. The molecule has 2 aromatic rings. The van der Waals surface area contributed by atoms with Crippen molar-refractivity contribution < 1.29 is 4.74 Å². The summed E-state index contributed by atoms with van der Waals surface area (Å²) in [5, 5.41) is 17.3. The highest BCUT2D eigenvalue weighted by atomic mass is 16.5. The fourth-order valence-electron chi connectivity index (χ4n) is 2.34. The number of para-hydroxylation sites is 1. The first-order chi connectivity index (χ1) is 8.67. The average Bonchev–Trinajstić information content (AvgIpc) is 2.91. The second-order valence-corrected chi connectivity index (χ2v) is 4.89. The van der Waals surface area contributed by atoms with Crippen molar-refractivity contribution in [2.24, 2.45) is 0 Å². The van der Waals surface area contributed by atoms with E-state index in [4.69, 9.17) is 4.74 Å². The molecule has 2 heterocycles. The van der Waals surface area contributed by atoms with Gasteiger partial charge in [0.1, 0.15) is 11.4 Å². The van der Waals surface area contributed by atoms with E-state index in [2.05, 4.69) is 45.9 Å². The minimum atomic E-state index is -0.284. The molecule has 0 saturated carbocycles. The molecule has 18 heavy (non-hydrogen) atoms. The number of hydrogen-bond acceptors (Lipinski definition) is 5. The van der Waals surface area contributed by atoms with E-state index in [0.29, 0.717) is 12.4 Å². The molecular formula is C12H15N5O. The Kier molecular flexibility index (Phi) is 2.52. The first-order valence-corrected chi connectivity index (χ1v) is 5.90. The maximum atomic E-state index is 5.95.